The first-order chi connectivity index (χ1) is 7.97. The van der Waals surface area contributed by atoms with Crippen LogP contribution < -0.4 is 4.72 Å². The molecule has 2 N–H and O–H groups in total. The lowest BCUT2D eigenvalue weighted by atomic mass is 10.1. The Labute approximate surface area is 97.6 Å². The van der Waals surface area contributed by atoms with E-state index >= 15 is 0 Å². The van der Waals surface area contributed by atoms with Crippen LogP contribution in [0, 0.1) is 0 Å². The van der Waals surface area contributed by atoms with Crippen molar-refractivity contribution in [3.8, 4) is 0 Å². The minimum absolute atomic E-state index is 0.0756. The molecule has 1 aromatic rings. The average Bonchev–Trinajstić information content (AvgIpc) is 2.33. The van der Waals surface area contributed by atoms with E-state index in [-0.39, 0.29) is 10.5 Å². The van der Waals surface area contributed by atoms with Gasteiger partial charge in [0.05, 0.1) is 12.0 Å². The van der Waals surface area contributed by atoms with Crippen LogP contribution in [-0.2, 0) is 19.6 Å². The van der Waals surface area contributed by atoms with Gasteiger partial charge in [0, 0.05) is 5.56 Å². The summed E-state index contributed by atoms with van der Waals surface area (Å²) in [5.74, 6) is -1.39. The number of esters is 1. The van der Waals surface area contributed by atoms with E-state index in [1.807, 2.05) is 4.72 Å². The van der Waals surface area contributed by atoms with E-state index in [0.717, 1.165) is 7.11 Å². The zero-order valence-corrected chi connectivity index (χ0v) is 9.61. The number of fused-ring (bicyclic) bond motifs is 1. The Morgan fingerprint density at radius 1 is 1.35 bits per heavy atom. The highest BCUT2D eigenvalue weighted by molar-refractivity contribution is 7.89. The molecular formula is C10H9NO5S. The van der Waals surface area contributed by atoms with Crippen LogP contribution in [0.1, 0.15) is 5.56 Å². The first-order valence-corrected chi connectivity index (χ1v) is 6.09. The molecule has 0 amide bonds. The van der Waals surface area contributed by atoms with Crippen LogP contribution in [0.3, 0.4) is 0 Å². The fourth-order valence-corrected chi connectivity index (χ4v) is 2.78. The predicted octanol–water partition coefficient (Wildman–Crippen LogP) is 0.378. The molecule has 0 spiro atoms. The van der Waals surface area contributed by atoms with Gasteiger partial charge in [0.2, 0.25) is 0 Å². The van der Waals surface area contributed by atoms with Gasteiger partial charge in [-0.25, -0.2) is 13.2 Å². The number of aliphatic hydroxyl groups excluding tert-OH is 1. The molecule has 0 aliphatic carbocycles. The van der Waals surface area contributed by atoms with Crippen LogP contribution in [0.5, 0.6) is 0 Å². The number of benzene rings is 1. The van der Waals surface area contributed by atoms with Crippen molar-refractivity contribution < 1.29 is 23.1 Å². The van der Waals surface area contributed by atoms with Crippen LogP contribution in [0.25, 0.3) is 5.76 Å². The maximum Gasteiger partial charge on any atom is 0.359 e. The molecule has 1 aliphatic heterocycles. The number of hydrogen-bond donors (Lipinski definition) is 2. The molecular weight excluding hydrogens is 246 g/mol. The van der Waals surface area contributed by atoms with Crippen molar-refractivity contribution in [2.24, 2.45) is 0 Å². The van der Waals surface area contributed by atoms with Crippen molar-refractivity contribution >= 4 is 21.8 Å². The van der Waals surface area contributed by atoms with Gasteiger partial charge in [-0.15, -0.1) is 0 Å². The van der Waals surface area contributed by atoms with Gasteiger partial charge in [0.1, 0.15) is 0 Å². The van der Waals surface area contributed by atoms with Crippen LogP contribution >= 0.6 is 0 Å². The molecule has 1 heterocycles. The first-order valence-electron chi connectivity index (χ1n) is 4.61. The van der Waals surface area contributed by atoms with Crippen LogP contribution in [0.4, 0.5) is 0 Å². The summed E-state index contributed by atoms with van der Waals surface area (Å²) in [6, 6.07) is 5.83. The molecule has 0 radical (unpaired) electrons. The monoisotopic (exact) mass is 255 g/mol. The summed E-state index contributed by atoms with van der Waals surface area (Å²) in [5, 5.41) is 9.81. The minimum Gasteiger partial charge on any atom is -0.505 e. The molecule has 0 saturated heterocycles. The smallest absolute Gasteiger partial charge is 0.359 e. The van der Waals surface area contributed by atoms with Gasteiger partial charge in [0.25, 0.3) is 10.0 Å². The summed E-state index contributed by atoms with van der Waals surface area (Å²) in [7, 11) is -2.75. The fraction of sp³-hybridized carbons (Fsp3) is 0.100. The lowest BCUT2D eigenvalue weighted by Crippen LogP contribution is -2.33. The number of methoxy groups -OCH3 is 1. The van der Waals surface area contributed by atoms with E-state index in [0.29, 0.717) is 0 Å². The second kappa shape index (κ2) is 3.77. The molecule has 0 atom stereocenters. The highest BCUT2D eigenvalue weighted by atomic mass is 32.2. The summed E-state index contributed by atoms with van der Waals surface area (Å²) in [6.07, 6.45) is 0. The molecule has 6 nitrogen and oxygen atoms in total. The third-order valence-electron chi connectivity index (χ3n) is 2.29. The van der Waals surface area contributed by atoms with Crippen molar-refractivity contribution in [2.45, 2.75) is 4.90 Å². The highest BCUT2D eigenvalue weighted by Gasteiger charge is 2.32. The third kappa shape index (κ3) is 1.74. The van der Waals surface area contributed by atoms with Crippen molar-refractivity contribution in [2.75, 3.05) is 7.11 Å². The van der Waals surface area contributed by atoms with Crippen molar-refractivity contribution in [1.82, 2.24) is 4.72 Å². The Bertz CT molecular complexity index is 617. The Balaban J connectivity index is 2.72. The number of rotatable bonds is 1. The second-order valence-corrected chi connectivity index (χ2v) is 4.97. The molecule has 0 fully saturated rings. The van der Waals surface area contributed by atoms with Crippen LogP contribution in [0.15, 0.2) is 34.9 Å². The number of carbonyl (C=O) groups excluding carboxylic acids is 1. The van der Waals surface area contributed by atoms with Gasteiger partial charge in [-0.1, -0.05) is 12.1 Å². The molecule has 1 aliphatic rings. The van der Waals surface area contributed by atoms with E-state index in [4.69, 9.17) is 0 Å². The SMILES string of the molecule is COC(=O)C1=C(O)c2ccccc2S(=O)(=O)N1. The van der Waals surface area contributed by atoms with Gasteiger partial charge in [0.15, 0.2) is 11.5 Å². The summed E-state index contributed by atoms with van der Waals surface area (Å²) in [5.41, 5.74) is -0.405. The summed E-state index contributed by atoms with van der Waals surface area (Å²) >= 11 is 0. The zero-order chi connectivity index (χ0) is 12.6. The van der Waals surface area contributed by atoms with E-state index in [9.17, 15) is 18.3 Å². The molecule has 17 heavy (non-hydrogen) atoms. The molecule has 0 bridgehead atoms. The van der Waals surface area contributed by atoms with E-state index in [1.54, 1.807) is 6.07 Å². The minimum atomic E-state index is -3.85. The topological polar surface area (TPSA) is 92.7 Å². The molecule has 7 heteroatoms. The highest BCUT2D eigenvalue weighted by Crippen LogP contribution is 2.28. The normalized spacial score (nSPS) is 17.0. The largest absolute Gasteiger partial charge is 0.505 e. The van der Waals surface area contributed by atoms with Crippen molar-refractivity contribution in [3.63, 3.8) is 0 Å². The molecule has 0 saturated carbocycles. The fourth-order valence-electron chi connectivity index (χ4n) is 1.51. The molecule has 0 unspecified atom stereocenters. The number of sulfonamides is 1. The molecule has 2 rings (SSSR count). The molecule has 90 valence electrons. The number of carbonyl (C=O) groups is 1. The van der Waals surface area contributed by atoms with Crippen molar-refractivity contribution in [3.05, 3.63) is 35.5 Å². The second-order valence-electron chi connectivity index (χ2n) is 3.32. The van der Waals surface area contributed by atoms with Gasteiger partial charge in [-0.2, -0.15) is 0 Å². The molecule has 1 aromatic carbocycles. The maximum atomic E-state index is 11.8. The third-order valence-corrected chi connectivity index (χ3v) is 3.70. The molecule has 0 aromatic heterocycles. The van der Waals surface area contributed by atoms with E-state index < -0.39 is 27.4 Å². The van der Waals surface area contributed by atoms with Gasteiger partial charge < -0.3 is 9.84 Å². The van der Waals surface area contributed by atoms with Crippen molar-refractivity contribution in [1.29, 1.82) is 0 Å². The average molecular weight is 255 g/mol. The lowest BCUT2D eigenvalue weighted by Gasteiger charge is -2.19. The quantitative estimate of drug-likeness (QED) is 0.707. The van der Waals surface area contributed by atoms with E-state index in [1.165, 1.54) is 18.2 Å². The number of aliphatic hydroxyl groups is 1. The Morgan fingerprint density at radius 3 is 2.65 bits per heavy atom. The van der Waals surface area contributed by atoms with Gasteiger partial charge in [-0.05, 0) is 12.1 Å². The summed E-state index contributed by atoms with van der Waals surface area (Å²) < 4.78 is 29.9. The standard InChI is InChI=1S/C10H9NO5S/c1-16-10(13)8-9(12)6-4-2-3-5-7(6)17(14,15)11-8/h2-5,11-12H,1H3. The van der Waals surface area contributed by atoms with Crippen LogP contribution in [-0.4, -0.2) is 26.6 Å². The number of ether oxygens (including phenoxy) is 1. The number of hydrogen-bond acceptors (Lipinski definition) is 5. The van der Waals surface area contributed by atoms with Crippen LogP contribution in [0.2, 0.25) is 0 Å². The number of nitrogens with one attached hydrogen (secondary N) is 1. The Hall–Kier alpha value is -2.02. The van der Waals surface area contributed by atoms with E-state index in [2.05, 4.69) is 4.74 Å². The van der Waals surface area contributed by atoms with Gasteiger partial charge >= 0.3 is 5.97 Å². The Morgan fingerprint density at radius 2 is 2.00 bits per heavy atom. The summed E-state index contributed by atoms with van der Waals surface area (Å²) in [4.78, 5) is 11.2. The summed E-state index contributed by atoms with van der Waals surface area (Å²) in [6.45, 7) is 0. The lowest BCUT2D eigenvalue weighted by molar-refractivity contribution is -0.136. The first kappa shape index (κ1) is 11.5. The van der Waals surface area contributed by atoms with Gasteiger partial charge in [-0.3, -0.25) is 4.72 Å². The Kier molecular flexibility index (Phi) is 2.55. The maximum absolute atomic E-state index is 11.8. The zero-order valence-electron chi connectivity index (χ0n) is 8.80. The predicted molar refractivity (Wildman–Crippen MR) is 58.3 cm³/mol.